The maximum atomic E-state index is 13.9. The molecule has 1 aromatic heterocycles. The molecule has 0 unspecified atom stereocenters. The highest BCUT2D eigenvalue weighted by atomic mass is 19.1. The average Bonchev–Trinajstić information content (AvgIpc) is 2.94. The van der Waals surface area contributed by atoms with E-state index >= 15 is 0 Å². The third kappa shape index (κ3) is 9.80. The van der Waals surface area contributed by atoms with Crippen LogP contribution < -0.4 is 0 Å². The number of halogens is 1. The van der Waals surface area contributed by atoms with Crippen molar-refractivity contribution in [2.24, 2.45) is 0 Å². The fourth-order valence-corrected chi connectivity index (χ4v) is 3.90. The van der Waals surface area contributed by atoms with Gasteiger partial charge in [-0.25, -0.2) is 19.2 Å². The van der Waals surface area contributed by atoms with Crippen LogP contribution in [0, 0.1) is 11.8 Å². The number of alkyl halides is 1. The van der Waals surface area contributed by atoms with Crippen molar-refractivity contribution in [1.29, 1.82) is 0 Å². The number of carbonyl (C=O) groups is 1. The molecule has 0 spiro atoms. The van der Waals surface area contributed by atoms with Crippen LogP contribution in [0.3, 0.4) is 0 Å². The van der Waals surface area contributed by atoms with E-state index in [4.69, 9.17) is 4.74 Å². The molecule has 0 aliphatic heterocycles. The Bertz CT molecular complexity index is 1150. The number of unbranched alkanes of at least 4 members (excludes halogenated alkanes) is 5. The highest BCUT2D eigenvalue weighted by Crippen LogP contribution is 2.17. The number of esters is 1. The third-order valence-corrected chi connectivity index (χ3v) is 6.17. The van der Waals surface area contributed by atoms with Crippen molar-refractivity contribution in [2.45, 2.75) is 77.8 Å². The van der Waals surface area contributed by atoms with Gasteiger partial charge in [-0.1, -0.05) is 88.5 Å². The molecule has 3 aromatic rings. The van der Waals surface area contributed by atoms with E-state index in [1.54, 1.807) is 36.7 Å². The zero-order valence-electron chi connectivity index (χ0n) is 22.0. The van der Waals surface area contributed by atoms with Crippen molar-refractivity contribution in [3.8, 4) is 23.2 Å². The lowest BCUT2D eigenvalue weighted by Crippen LogP contribution is -2.15. The molecule has 0 amide bonds. The Kier molecular flexibility index (Phi) is 11.8. The van der Waals surface area contributed by atoms with E-state index in [1.807, 2.05) is 0 Å². The van der Waals surface area contributed by atoms with Gasteiger partial charge in [0, 0.05) is 23.5 Å². The molecular weight excluding hydrogens is 463 g/mol. The van der Waals surface area contributed by atoms with Crippen LogP contribution in [-0.2, 0) is 11.2 Å². The summed E-state index contributed by atoms with van der Waals surface area (Å²) < 4.78 is 19.1. The third-order valence-electron chi connectivity index (χ3n) is 6.17. The molecule has 3 rings (SSSR count). The van der Waals surface area contributed by atoms with Gasteiger partial charge in [0.25, 0.3) is 0 Å². The quantitative estimate of drug-likeness (QED) is 0.137. The first-order valence-electron chi connectivity index (χ1n) is 13.4. The summed E-state index contributed by atoms with van der Waals surface area (Å²) in [7, 11) is 0. The van der Waals surface area contributed by atoms with Crippen LogP contribution in [0.1, 0.15) is 92.3 Å². The van der Waals surface area contributed by atoms with Crippen LogP contribution in [0.15, 0.2) is 60.9 Å². The Morgan fingerprint density at radius 1 is 0.838 bits per heavy atom. The minimum atomic E-state index is -1.12. The van der Waals surface area contributed by atoms with Crippen LogP contribution in [0.25, 0.3) is 11.4 Å². The first kappa shape index (κ1) is 28.1. The van der Waals surface area contributed by atoms with E-state index in [0.717, 1.165) is 48.8 Å². The zero-order chi connectivity index (χ0) is 26.3. The molecule has 0 fully saturated rings. The molecule has 0 N–H and O–H groups in total. The van der Waals surface area contributed by atoms with Crippen molar-refractivity contribution in [3.05, 3.63) is 83.2 Å². The second kappa shape index (κ2) is 15.6. The molecule has 37 heavy (non-hydrogen) atoms. The minimum Gasteiger partial charge on any atom is -0.459 e. The predicted octanol–water partition coefficient (Wildman–Crippen LogP) is 7.74. The van der Waals surface area contributed by atoms with Gasteiger partial charge in [0.15, 0.2) is 5.82 Å². The lowest BCUT2D eigenvalue weighted by Gasteiger charge is -2.09. The Morgan fingerprint density at radius 2 is 1.49 bits per heavy atom. The number of ether oxygens (including phenoxy) is 1. The van der Waals surface area contributed by atoms with E-state index in [0.29, 0.717) is 17.8 Å². The molecule has 4 nitrogen and oxygen atoms in total. The van der Waals surface area contributed by atoms with Crippen molar-refractivity contribution in [1.82, 2.24) is 9.97 Å². The van der Waals surface area contributed by atoms with E-state index < -0.39 is 12.1 Å². The van der Waals surface area contributed by atoms with Crippen molar-refractivity contribution < 1.29 is 13.9 Å². The molecule has 2 aromatic carbocycles. The van der Waals surface area contributed by atoms with Crippen LogP contribution in [0.4, 0.5) is 4.39 Å². The summed E-state index contributed by atoms with van der Waals surface area (Å²) in [6.07, 6.45) is 11.5. The van der Waals surface area contributed by atoms with Gasteiger partial charge in [-0.2, -0.15) is 0 Å². The van der Waals surface area contributed by atoms with E-state index in [-0.39, 0.29) is 6.61 Å². The Labute approximate surface area is 220 Å². The van der Waals surface area contributed by atoms with Crippen molar-refractivity contribution >= 4 is 5.97 Å². The summed E-state index contributed by atoms with van der Waals surface area (Å²) in [5.41, 5.74) is 4.18. The van der Waals surface area contributed by atoms with Crippen LogP contribution >= 0.6 is 0 Å². The first-order chi connectivity index (χ1) is 18.1. The van der Waals surface area contributed by atoms with Gasteiger partial charge in [-0.05, 0) is 49.1 Å². The van der Waals surface area contributed by atoms with Gasteiger partial charge in [0.2, 0.25) is 0 Å². The second-order valence-electron chi connectivity index (χ2n) is 9.32. The Balaban J connectivity index is 1.50. The number of carbonyl (C=O) groups excluding carboxylic acids is 1. The smallest absolute Gasteiger partial charge is 0.338 e. The number of aryl methyl sites for hydroxylation is 1. The lowest BCUT2D eigenvalue weighted by atomic mass is 10.1. The van der Waals surface area contributed by atoms with Crippen molar-refractivity contribution in [2.75, 3.05) is 6.61 Å². The molecule has 0 saturated heterocycles. The summed E-state index contributed by atoms with van der Waals surface area (Å²) in [5, 5.41) is 0. The number of hydrogen-bond donors (Lipinski definition) is 0. The van der Waals surface area contributed by atoms with Gasteiger partial charge in [0.05, 0.1) is 11.1 Å². The second-order valence-corrected chi connectivity index (χ2v) is 9.32. The van der Waals surface area contributed by atoms with Gasteiger partial charge < -0.3 is 4.74 Å². The Morgan fingerprint density at radius 3 is 2.16 bits per heavy atom. The van der Waals surface area contributed by atoms with E-state index in [1.165, 1.54) is 24.8 Å². The number of hydrogen-bond acceptors (Lipinski definition) is 4. The molecule has 0 aliphatic carbocycles. The number of aromatic nitrogens is 2. The van der Waals surface area contributed by atoms with Gasteiger partial charge in [-0.15, -0.1) is 0 Å². The molecule has 5 heteroatoms. The molecule has 1 heterocycles. The maximum Gasteiger partial charge on any atom is 0.338 e. The molecule has 0 saturated carbocycles. The monoisotopic (exact) mass is 500 g/mol. The number of rotatable bonds is 13. The zero-order valence-corrected chi connectivity index (χ0v) is 22.0. The van der Waals surface area contributed by atoms with Crippen LogP contribution in [0.5, 0.6) is 0 Å². The van der Waals surface area contributed by atoms with Gasteiger partial charge >= 0.3 is 5.97 Å². The molecular formula is C32H37FN2O2. The molecule has 0 aliphatic rings. The van der Waals surface area contributed by atoms with Gasteiger partial charge in [-0.3, -0.25) is 0 Å². The summed E-state index contributed by atoms with van der Waals surface area (Å²) in [5.74, 6) is 6.29. The summed E-state index contributed by atoms with van der Waals surface area (Å²) in [4.78, 5) is 21.1. The van der Waals surface area contributed by atoms with E-state index in [2.05, 4.69) is 59.9 Å². The lowest BCUT2D eigenvalue weighted by molar-refractivity contribution is 0.0389. The maximum absolute atomic E-state index is 13.9. The molecule has 0 radical (unpaired) electrons. The fourth-order valence-electron chi connectivity index (χ4n) is 3.90. The van der Waals surface area contributed by atoms with E-state index in [9.17, 15) is 9.18 Å². The first-order valence-corrected chi connectivity index (χ1v) is 13.4. The standard InChI is InChI=1S/C32H37FN2O2/c1-3-5-7-9-11-30(33)24-37-32(36)29-20-18-28(19-21-29)31-34-22-27(23-35-31)17-16-26-14-12-25(13-15-26)10-8-6-4-2/h12-15,18-23,30H,3-11,24H2,1-2H3/t30-/m1/s1. The van der Waals surface area contributed by atoms with Crippen molar-refractivity contribution in [3.63, 3.8) is 0 Å². The highest BCUT2D eigenvalue weighted by molar-refractivity contribution is 5.89. The van der Waals surface area contributed by atoms with Gasteiger partial charge in [0.1, 0.15) is 12.8 Å². The molecule has 194 valence electrons. The summed E-state index contributed by atoms with van der Waals surface area (Å²) in [6.45, 7) is 4.12. The largest absolute Gasteiger partial charge is 0.459 e. The summed E-state index contributed by atoms with van der Waals surface area (Å²) in [6, 6.07) is 15.2. The number of benzene rings is 2. The number of nitrogens with zero attached hydrogens (tertiary/aromatic N) is 2. The summed E-state index contributed by atoms with van der Waals surface area (Å²) >= 11 is 0. The molecule has 0 bridgehead atoms. The minimum absolute atomic E-state index is 0.207. The SMILES string of the molecule is CCCCCC[C@@H](F)COC(=O)c1ccc(-c2ncc(C#Cc3ccc(CCCCC)cc3)cn2)cc1. The predicted molar refractivity (Wildman–Crippen MR) is 147 cm³/mol. The van der Waals surface area contributed by atoms with Crippen LogP contribution in [-0.4, -0.2) is 28.7 Å². The average molecular weight is 501 g/mol. The fraction of sp³-hybridized carbons (Fsp3) is 0.406. The van der Waals surface area contributed by atoms with Crippen LogP contribution in [0.2, 0.25) is 0 Å². The highest BCUT2D eigenvalue weighted by Gasteiger charge is 2.13. The molecule has 1 atom stereocenters. The normalized spacial score (nSPS) is 11.4. The Hall–Kier alpha value is -3.52. The topological polar surface area (TPSA) is 52.1 Å².